The summed E-state index contributed by atoms with van der Waals surface area (Å²) in [5.74, 6) is 0.576. The Kier molecular flexibility index (Phi) is 4.20. The Morgan fingerprint density at radius 1 is 1.26 bits per heavy atom. The fourth-order valence-electron chi connectivity index (χ4n) is 3.19. The average molecular weight is 327 g/mol. The minimum atomic E-state index is -0.170. The lowest BCUT2D eigenvalue weighted by molar-refractivity contribution is 0.0836. The Balaban J connectivity index is 1.86. The van der Waals surface area contributed by atoms with Crippen LogP contribution in [0.3, 0.4) is 0 Å². The van der Waals surface area contributed by atoms with E-state index in [2.05, 4.69) is 26.1 Å². The SMILES string of the molecule is Fc1ccc([C@@H](C2CCC2)N2CCNCC2)cc1Br. The highest BCUT2D eigenvalue weighted by molar-refractivity contribution is 9.10. The standard InChI is InChI=1S/C15H20BrFN2/c16-13-10-12(4-5-14(13)17)15(11-2-1-3-11)19-8-6-18-7-9-19/h4-5,10-11,15,18H,1-3,6-9H2/t15-/m1/s1. The molecule has 2 nitrogen and oxygen atoms in total. The van der Waals surface area contributed by atoms with Crippen molar-refractivity contribution in [2.45, 2.75) is 25.3 Å². The summed E-state index contributed by atoms with van der Waals surface area (Å²) in [4.78, 5) is 2.57. The molecule has 0 aromatic heterocycles. The van der Waals surface area contributed by atoms with E-state index in [0.29, 0.717) is 10.5 Å². The van der Waals surface area contributed by atoms with Crippen molar-refractivity contribution in [1.82, 2.24) is 10.2 Å². The van der Waals surface area contributed by atoms with E-state index in [9.17, 15) is 4.39 Å². The van der Waals surface area contributed by atoms with Crippen molar-refractivity contribution in [3.8, 4) is 0 Å². The first-order chi connectivity index (χ1) is 9.25. The van der Waals surface area contributed by atoms with Crippen LogP contribution in [0.2, 0.25) is 0 Å². The minimum Gasteiger partial charge on any atom is -0.314 e. The van der Waals surface area contributed by atoms with Gasteiger partial charge in [-0.2, -0.15) is 0 Å². The van der Waals surface area contributed by atoms with Gasteiger partial charge in [0.1, 0.15) is 5.82 Å². The Labute approximate surface area is 122 Å². The quantitative estimate of drug-likeness (QED) is 0.916. The first kappa shape index (κ1) is 13.5. The third kappa shape index (κ3) is 2.86. The van der Waals surface area contributed by atoms with E-state index >= 15 is 0 Å². The summed E-state index contributed by atoms with van der Waals surface area (Å²) in [6.45, 7) is 4.31. The van der Waals surface area contributed by atoms with E-state index in [1.807, 2.05) is 12.1 Å². The topological polar surface area (TPSA) is 15.3 Å². The van der Waals surface area contributed by atoms with Crippen LogP contribution in [-0.2, 0) is 0 Å². The van der Waals surface area contributed by atoms with Crippen molar-refractivity contribution in [1.29, 1.82) is 0 Å². The molecule has 0 amide bonds. The highest BCUT2D eigenvalue weighted by Crippen LogP contribution is 2.42. The fourth-order valence-corrected chi connectivity index (χ4v) is 3.59. The van der Waals surface area contributed by atoms with Crippen molar-refractivity contribution >= 4 is 15.9 Å². The maximum atomic E-state index is 13.4. The van der Waals surface area contributed by atoms with E-state index in [1.165, 1.54) is 24.8 Å². The number of hydrogen-bond acceptors (Lipinski definition) is 2. The van der Waals surface area contributed by atoms with Crippen LogP contribution in [0, 0.1) is 11.7 Å². The lowest BCUT2D eigenvalue weighted by Gasteiger charge is -2.43. The summed E-state index contributed by atoms with van der Waals surface area (Å²) in [6, 6.07) is 5.99. The summed E-state index contributed by atoms with van der Waals surface area (Å²) in [5, 5.41) is 3.41. The monoisotopic (exact) mass is 326 g/mol. The highest BCUT2D eigenvalue weighted by atomic mass is 79.9. The molecule has 2 aliphatic rings. The normalized spacial score (nSPS) is 23.1. The Morgan fingerprint density at radius 2 is 2.00 bits per heavy atom. The molecule has 1 aliphatic heterocycles. The minimum absolute atomic E-state index is 0.170. The van der Waals surface area contributed by atoms with E-state index in [0.717, 1.165) is 32.1 Å². The number of halogens is 2. The molecule has 3 rings (SSSR count). The lowest BCUT2D eigenvalue weighted by Crippen LogP contribution is -2.47. The van der Waals surface area contributed by atoms with E-state index in [-0.39, 0.29) is 5.82 Å². The van der Waals surface area contributed by atoms with E-state index in [1.54, 1.807) is 6.07 Å². The van der Waals surface area contributed by atoms with Gasteiger partial charge < -0.3 is 5.32 Å². The Bertz CT molecular complexity index is 442. The van der Waals surface area contributed by atoms with Crippen molar-refractivity contribution in [2.75, 3.05) is 26.2 Å². The van der Waals surface area contributed by atoms with Crippen LogP contribution in [0.25, 0.3) is 0 Å². The van der Waals surface area contributed by atoms with Gasteiger partial charge in [0.15, 0.2) is 0 Å². The van der Waals surface area contributed by atoms with Crippen LogP contribution in [0.15, 0.2) is 22.7 Å². The molecule has 19 heavy (non-hydrogen) atoms. The second-order valence-corrected chi connectivity index (χ2v) is 6.45. The van der Waals surface area contributed by atoms with Gasteiger partial charge in [0.05, 0.1) is 4.47 Å². The molecule has 104 valence electrons. The second-order valence-electron chi connectivity index (χ2n) is 5.60. The third-order valence-electron chi connectivity index (χ3n) is 4.43. The van der Waals surface area contributed by atoms with Crippen molar-refractivity contribution < 1.29 is 4.39 Å². The largest absolute Gasteiger partial charge is 0.314 e. The van der Waals surface area contributed by atoms with Crippen molar-refractivity contribution in [3.63, 3.8) is 0 Å². The fraction of sp³-hybridized carbons (Fsp3) is 0.600. The number of nitrogens with zero attached hydrogens (tertiary/aromatic N) is 1. The molecule has 0 radical (unpaired) electrons. The molecule has 1 aromatic carbocycles. The summed E-state index contributed by atoms with van der Waals surface area (Å²) >= 11 is 3.32. The molecule has 1 N–H and O–H groups in total. The molecule has 1 saturated carbocycles. The van der Waals surface area contributed by atoms with Crippen molar-refractivity contribution in [3.05, 3.63) is 34.1 Å². The maximum Gasteiger partial charge on any atom is 0.137 e. The van der Waals surface area contributed by atoms with Gasteiger partial charge >= 0.3 is 0 Å². The number of rotatable bonds is 3. The molecular formula is C15H20BrFN2. The number of benzene rings is 1. The van der Waals surface area contributed by atoms with Gasteiger partial charge in [-0.25, -0.2) is 4.39 Å². The first-order valence-electron chi connectivity index (χ1n) is 7.15. The third-order valence-corrected chi connectivity index (χ3v) is 5.03. The van der Waals surface area contributed by atoms with Crippen LogP contribution < -0.4 is 5.32 Å². The van der Waals surface area contributed by atoms with Crippen LogP contribution in [-0.4, -0.2) is 31.1 Å². The van der Waals surface area contributed by atoms with Crippen molar-refractivity contribution in [2.24, 2.45) is 5.92 Å². The van der Waals surface area contributed by atoms with Gasteiger partial charge in [0.25, 0.3) is 0 Å². The molecule has 1 aromatic rings. The lowest BCUT2D eigenvalue weighted by atomic mass is 9.76. The summed E-state index contributed by atoms with van der Waals surface area (Å²) < 4.78 is 14.0. The number of piperazine rings is 1. The molecule has 0 spiro atoms. The van der Waals surface area contributed by atoms with Crippen LogP contribution in [0.1, 0.15) is 30.9 Å². The van der Waals surface area contributed by atoms with E-state index < -0.39 is 0 Å². The second kappa shape index (κ2) is 5.90. The van der Waals surface area contributed by atoms with Gasteiger partial charge in [0, 0.05) is 32.2 Å². The number of hydrogen-bond donors (Lipinski definition) is 1. The zero-order chi connectivity index (χ0) is 13.2. The predicted molar refractivity (Wildman–Crippen MR) is 78.6 cm³/mol. The van der Waals surface area contributed by atoms with Crippen LogP contribution in [0.4, 0.5) is 4.39 Å². The van der Waals surface area contributed by atoms with Crippen LogP contribution >= 0.6 is 15.9 Å². The Hall–Kier alpha value is -0.450. The summed E-state index contributed by atoms with van der Waals surface area (Å²) in [5.41, 5.74) is 1.26. The average Bonchev–Trinajstić information content (AvgIpc) is 2.38. The highest BCUT2D eigenvalue weighted by Gasteiger charge is 2.33. The van der Waals surface area contributed by atoms with Gasteiger partial charge in [-0.15, -0.1) is 0 Å². The predicted octanol–water partition coefficient (Wildman–Crippen LogP) is 3.33. The Morgan fingerprint density at radius 3 is 2.58 bits per heavy atom. The maximum absolute atomic E-state index is 13.4. The molecule has 0 bridgehead atoms. The van der Waals surface area contributed by atoms with Gasteiger partial charge in [-0.1, -0.05) is 12.5 Å². The number of nitrogens with one attached hydrogen (secondary N) is 1. The molecule has 1 atom stereocenters. The zero-order valence-electron chi connectivity index (χ0n) is 11.0. The molecular weight excluding hydrogens is 307 g/mol. The molecule has 4 heteroatoms. The van der Waals surface area contributed by atoms with Gasteiger partial charge in [-0.05, 0) is 52.4 Å². The molecule has 1 heterocycles. The molecule has 2 fully saturated rings. The first-order valence-corrected chi connectivity index (χ1v) is 7.95. The zero-order valence-corrected chi connectivity index (χ0v) is 12.6. The van der Waals surface area contributed by atoms with Gasteiger partial charge in [-0.3, -0.25) is 4.90 Å². The van der Waals surface area contributed by atoms with E-state index in [4.69, 9.17) is 0 Å². The van der Waals surface area contributed by atoms with Crippen LogP contribution in [0.5, 0.6) is 0 Å². The van der Waals surface area contributed by atoms with Gasteiger partial charge in [0.2, 0.25) is 0 Å². The molecule has 0 unspecified atom stereocenters. The summed E-state index contributed by atoms with van der Waals surface area (Å²) in [6.07, 6.45) is 3.96. The smallest absolute Gasteiger partial charge is 0.137 e. The molecule has 1 aliphatic carbocycles. The molecule has 1 saturated heterocycles. The summed E-state index contributed by atoms with van der Waals surface area (Å²) in [7, 11) is 0.